The van der Waals surface area contributed by atoms with Gasteiger partial charge in [-0.05, 0) is 43.2 Å². The highest BCUT2D eigenvalue weighted by Crippen LogP contribution is 2.23. The highest BCUT2D eigenvalue weighted by molar-refractivity contribution is 6.30. The number of hydrogen-bond donors (Lipinski definition) is 3. The van der Waals surface area contributed by atoms with Crippen molar-refractivity contribution >= 4 is 23.3 Å². The second-order valence-corrected chi connectivity index (χ2v) is 5.61. The van der Waals surface area contributed by atoms with Crippen LogP contribution in [0.25, 0.3) is 0 Å². The molecule has 0 radical (unpaired) electrons. The van der Waals surface area contributed by atoms with Gasteiger partial charge in [0.15, 0.2) is 0 Å². The average molecular weight is 349 g/mol. The fourth-order valence-electron chi connectivity index (χ4n) is 2.22. The quantitative estimate of drug-likeness (QED) is 0.708. The lowest BCUT2D eigenvalue weighted by Crippen LogP contribution is -2.30. The molecule has 2 aromatic rings. The smallest absolute Gasteiger partial charge is 0.319 e. The molecule has 0 spiro atoms. The van der Waals surface area contributed by atoms with Crippen molar-refractivity contribution in [3.8, 4) is 5.75 Å². The van der Waals surface area contributed by atoms with E-state index in [0.29, 0.717) is 36.0 Å². The molecule has 24 heavy (non-hydrogen) atoms. The topological polar surface area (TPSA) is 70.6 Å². The lowest BCUT2D eigenvalue weighted by Gasteiger charge is -2.14. The molecular formula is C18H21ClN2O3. The predicted octanol–water partition coefficient (Wildman–Crippen LogP) is 3.98. The Balaban J connectivity index is 1.81. The molecule has 2 rings (SSSR count). The van der Waals surface area contributed by atoms with Crippen molar-refractivity contribution in [3.05, 3.63) is 59.1 Å². The Bertz CT molecular complexity index is 679. The minimum absolute atomic E-state index is 0.330. The summed E-state index contributed by atoms with van der Waals surface area (Å²) in [6.45, 7) is 2.73. The van der Waals surface area contributed by atoms with Crippen LogP contribution < -0.4 is 15.4 Å². The van der Waals surface area contributed by atoms with E-state index in [1.807, 2.05) is 19.1 Å². The van der Waals surface area contributed by atoms with Gasteiger partial charge in [-0.1, -0.05) is 35.9 Å². The van der Waals surface area contributed by atoms with Crippen LogP contribution >= 0.6 is 11.6 Å². The zero-order valence-corrected chi connectivity index (χ0v) is 14.2. The molecule has 2 amide bonds. The van der Waals surface area contributed by atoms with E-state index >= 15 is 0 Å². The summed E-state index contributed by atoms with van der Waals surface area (Å²) < 4.78 is 5.45. The number of halogens is 1. The van der Waals surface area contributed by atoms with Crippen molar-refractivity contribution in [2.75, 3.05) is 18.5 Å². The standard InChI is InChI=1S/C18H21ClN2O3/c1-2-24-17-9-4-3-8-15(17)21-18(23)20-11-10-16(22)13-6-5-7-14(19)12-13/h3-9,12,16,22H,2,10-11H2,1H3,(H2,20,21,23)/t16-/m0/s1. The van der Waals surface area contributed by atoms with Gasteiger partial charge in [0.25, 0.3) is 0 Å². The Morgan fingerprint density at radius 1 is 1.25 bits per heavy atom. The number of carbonyl (C=O) groups is 1. The molecule has 0 saturated heterocycles. The maximum atomic E-state index is 12.0. The molecule has 0 bridgehead atoms. The second kappa shape index (κ2) is 9.15. The number of aliphatic hydroxyl groups excluding tert-OH is 1. The lowest BCUT2D eigenvalue weighted by atomic mass is 10.1. The number of urea groups is 1. The lowest BCUT2D eigenvalue weighted by molar-refractivity contribution is 0.167. The zero-order valence-electron chi connectivity index (χ0n) is 13.5. The summed E-state index contributed by atoms with van der Waals surface area (Å²) in [7, 11) is 0. The Morgan fingerprint density at radius 3 is 2.79 bits per heavy atom. The largest absolute Gasteiger partial charge is 0.492 e. The summed E-state index contributed by atoms with van der Waals surface area (Å²) in [5.74, 6) is 0.620. The molecule has 3 N–H and O–H groups in total. The molecule has 0 aliphatic carbocycles. The van der Waals surface area contributed by atoms with Crippen LogP contribution in [-0.4, -0.2) is 24.3 Å². The summed E-state index contributed by atoms with van der Waals surface area (Å²) in [5, 5.41) is 16.1. The van der Waals surface area contributed by atoms with E-state index < -0.39 is 6.10 Å². The fraction of sp³-hybridized carbons (Fsp3) is 0.278. The van der Waals surface area contributed by atoms with Crippen LogP contribution in [0.4, 0.5) is 10.5 Å². The number of hydrogen-bond acceptors (Lipinski definition) is 3. The van der Waals surface area contributed by atoms with E-state index in [1.54, 1.807) is 36.4 Å². The van der Waals surface area contributed by atoms with Crippen molar-refractivity contribution < 1.29 is 14.6 Å². The van der Waals surface area contributed by atoms with Crippen molar-refractivity contribution in [1.82, 2.24) is 5.32 Å². The van der Waals surface area contributed by atoms with E-state index in [1.165, 1.54) is 0 Å². The molecule has 5 nitrogen and oxygen atoms in total. The highest BCUT2D eigenvalue weighted by Gasteiger charge is 2.10. The number of anilines is 1. The number of benzene rings is 2. The first-order valence-corrected chi connectivity index (χ1v) is 8.18. The molecule has 0 aliphatic rings. The third-order valence-electron chi connectivity index (χ3n) is 3.37. The summed E-state index contributed by atoms with van der Waals surface area (Å²) in [6.07, 6.45) is -0.291. The van der Waals surface area contributed by atoms with Crippen molar-refractivity contribution in [2.45, 2.75) is 19.4 Å². The molecule has 6 heteroatoms. The molecule has 0 unspecified atom stereocenters. The van der Waals surface area contributed by atoms with Gasteiger partial charge in [0.2, 0.25) is 0 Å². The Labute approximate surface area is 146 Å². The van der Waals surface area contributed by atoms with Crippen molar-refractivity contribution in [2.24, 2.45) is 0 Å². The van der Waals surface area contributed by atoms with Gasteiger partial charge in [0, 0.05) is 11.6 Å². The number of amides is 2. The highest BCUT2D eigenvalue weighted by atomic mass is 35.5. The molecule has 1 atom stereocenters. The number of para-hydroxylation sites is 2. The van der Waals surface area contributed by atoms with E-state index in [0.717, 1.165) is 5.56 Å². The van der Waals surface area contributed by atoms with Crippen molar-refractivity contribution in [3.63, 3.8) is 0 Å². The molecule has 0 aliphatic heterocycles. The second-order valence-electron chi connectivity index (χ2n) is 5.17. The number of aliphatic hydroxyl groups is 1. The average Bonchev–Trinajstić information content (AvgIpc) is 2.57. The van der Waals surface area contributed by atoms with Crippen LogP contribution in [0.3, 0.4) is 0 Å². The molecule has 128 valence electrons. The first-order chi connectivity index (χ1) is 11.6. The first-order valence-electron chi connectivity index (χ1n) is 7.80. The minimum Gasteiger partial charge on any atom is -0.492 e. The van der Waals surface area contributed by atoms with E-state index in [9.17, 15) is 9.90 Å². The monoisotopic (exact) mass is 348 g/mol. The van der Waals surface area contributed by atoms with Crippen LogP contribution in [-0.2, 0) is 0 Å². The molecule has 0 heterocycles. The minimum atomic E-state index is -0.681. The van der Waals surface area contributed by atoms with E-state index in [4.69, 9.17) is 16.3 Å². The Kier molecular flexibility index (Phi) is 6.90. The molecule has 2 aromatic carbocycles. The predicted molar refractivity (Wildman–Crippen MR) is 95.7 cm³/mol. The molecule has 0 fully saturated rings. The number of rotatable bonds is 7. The summed E-state index contributed by atoms with van der Waals surface area (Å²) in [4.78, 5) is 12.0. The molecule has 0 aromatic heterocycles. The van der Waals surface area contributed by atoms with Gasteiger partial charge in [-0.25, -0.2) is 4.79 Å². The van der Waals surface area contributed by atoms with Gasteiger partial charge >= 0.3 is 6.03 Å². The van der Waals surface area contributed by atoms with E-state index in [-0.39, 0.29) is 6.03 Å². The van der Waals surface area contributed by atoms with Gasteiger partial charge < -0.3 is 20.5 Å². The summed E-state index contributed by atoms with van der Waals surface area (Å²) >= 11 is 5.90. The van der Waals surface area contributed by atoms with Crippen molar-refractivity contribution in [1.29, 1.82) is 0 Å². The van der Waals surface area contributed by atoms with Crippen LogP contribution in [0.2, 0.25) is 5.02 Å². The zero-order chi connectivity index (χ0) is 17.4. The molecular weight excluding hydrogens is 328 g/mol. The van der Waals surface area contributed by atoms with Gasteiger partial charge in [0.05, 0.1) is 18.4 Å². The van der Waals surface area contributed by atoms with Crippen LogP contribution in [0, 0.1) is 0 Å². The van der Waals surface area contributed by atoms with Crippen LogP contribution in [0.5, 0.6) is 5.75 Å². The Hall–Kier alpha value is -2.24. The van der Waals surface area contributed by atoms with Crippen LogP contribution in [0.15, 0.2) is 48.5 Å². The Morgan fingerprint density at radius 2 is 2.04 bits per heavy atom. The van der Waals surface area contributed by atoms with Gasteiger partial charge in [-0.3, -0.25) is 0 Å². The maximum absolute atomic E-state index is 12.0. The van der Waals surface area contributed by atoms with Crippen LogP contribution in [0.1, 0.15) is 25.0 Å². The number of ether oxygens (including phenoxy) is 1. The number of nitrogens with one attached hydrogen (secondary N) is 2. The first kappa shape index (κ1) is 18.1. The maximum Gasteiger partial charge on any atom is 0.319 e. The third kappa shape index (κ3) is 5.44. The SMILES string of the molecule is CCOc1ccccc1NC(=O)NCC[C@H](O)c1cccc(Cl)c1. The summed E-state index contributed by atoms with van der Waals surface area (Å²) in [6, 6.07) is 13.9. The van der Waals surface area contributed by atoms with Gasteiger partial charge in [0.1, 0.15) is 5.75 Å². The molecule has 0 saturated carbocycles. The van der Waals surface area contributed by atoms with Gasteiger partial charge in [-0.2, -0.15) is 0 Å². The summed E-state index contributed by atoms with van der Waals surface area (Å²) in [5.41, 5.74) is 1.33. The number of carbonyl (C=O) groups excluding carboxylic acids is 1. The fourth-order valence-corrected chi connectivity index (χ4v) is 2.42. The third-order valence-corrected chi connectivity index (χ3v) is 3.61. The normalized spacial score (nSPS) is 11.6. The van der Waals surface area contributed by atoms with Gasteiger partial charge in [-0.15, -0.1) is 0 Å². The van der Waals surface area contributed by atoms with E-state index in [2.05, 4.69) is 10.6 Å².